The third kappa shape index (κ3) is 7.36. The van der Waals surface area contributed by atoms with E-state index in [0.717, 1.165) is 5.94 Å². The number of hydrogen-bond donors (Lipinski definition) is 0. The molecule has 1 nitrogen and oxygen atoms in total. The Balaban J connectivity index is 4.24. The first-order chi connectivity index (χ1) is 8.10. The summed E-state index contributed by atoms with van der Waals surface area (Å²) in [6, 6.07) is 5.40. The molecule has 0 fully saturated rings. The van der Waals surface area contributed by atoms with Gasteiger partial charge in [-0.05, 0) is 24.6 Å². The van der Waals surface area contributed by atoms with Crippen molar-refractivity contribution in [1.29, 1.82) is 0 Å². The van der Waals surface area contributed by atoms with E-state index in [1.807, 2.05) is 0 Å². The van der Waals surface area contributed by atoms with Crippen LogP contribution >= 0.6 is 11.2 Å². The molecule has 18 heavy (non-hydrogen) atoms. The minimum absolute atomic E-state index is 0.398. The van der Waals surface area contributed by atoms with Gasteiger partial charge in [-0.3, -0.25) is 0 Å². The van der Waals surface area contributed by atoms with E-state index in [9.17, 15) is 0 Å². The molecule has 0 spiro atoms. The van der Waals surface area contributed by atoms with Gasteiger partial charge in [-0.2, -0.15) is 11.2 Å². The van der Waals surface area contributed by atoms with Gasteiger partial charge in [-0.15, -0.1) is 0 Å². The largest absolute Gasteiger partial charge is 0.409 e. The lowest BCUT2D eigenvalue weighted by Gasteiger charge is -2.33. The molecule has 0 unspecified atom stereocenters. The van der Waals surface area contributed by atoms with Gasteiger partial charge in [0.25, 0.3) is 0 Å². The summed E-state index contributed by atoms with van der Waals surface area (Å²) in [7, 11) is -2.54. The average molecular weight is 307 g/mol. The Labute approximate surface area is 121 Å². The van der Waals surface area contributed by atoms with E-state index in [2.05, 4.69) is 65.8 Å². The monoisotopic (exact) mass is 306 g/mol. The highest BCUT2D eigenvalue weighted by atomic mass is 32.4. The number of hydrogen-bond acceptors (Lipinski definition) is 2. The third-order valence-corrected chi connectivity index (χ3v) is 16.3. The molecular weight excluding hydrogens is 272 g/mol. The van der Waals surface area contributed by atoms with E-state index in [1.165, 1.54) is 24.2 Å². The maximum atomic E-state index is 6.30. The summed E-state index contributed by atoms with van der Waals surface area (Å²) >= 11 is 2.17. The Morgan fingerprint density at radius 2 is 1.39 bits per heavy atom. The quantitative estimate of drug-likeness (QED) is 0.405. The molecule has 0 aromatic rings. The van der Waals surface area contributed by atoms with Crippen LogP contribution in [0.25, 0.3) is 0 Å². The van der Waals surface area contributed by atoms with Crippen molar-refractivity contribution in [2.45, 2.75) is 78.8 Å². The molecule has 0 amide bonds. The fourth-order valence-corrected chi connectivity index (χ4v) is 12.3. The maximum absolute atomic E-state index is 6.30. The van der Waals surface area contributed by atoms with Crippen LogP contribution in [-0.4, -0.2) is 21.5 Å². The first-order valence-electron chi connectivity index (χ1n) is 7.37. The minimum atomic E-state index is -1.48. The van der Waals surface area contributed by atoms with Gasteiger partial charge < -0.3 is 4.43 Å². The molecule has 4 heteroatoms. The van der Waals surface area contributed by atoms with Crippen LogP contribution in [0.2, 0.25) is 37.3 Å². The standard InChI is InChI=1S/C14H34OSSi2/c1-9-18(10-2,11-3)16-13-15-17(7,8)12-14(4,5)6/h9-13H2,1-8H3. The van der Waals surface area contributed by atoms with Crippen molar-refractivity contribution in [2.75, 3.05) is 5.94 Å². The summed E-state index contributed by atoms with van der Waals surface area (Å²) in [6.07, 6.45) is 0. The van der Waals surface area contributed by atoms with Crippen molar-refractivity contribution in [2.24, 2.45) is 5.41 Å². The lowest BCUT2D eigenvalue weighted by molar-refractivity contribution is 0.352. The van der Waals surface area contributed by atoms with Crippen LogP contribution in [0.1, 0.15) is 41.5 Å². The molecule has 0 aromatic carbocycles. The van der Waals surface area contributed by atoms with E-state index >= 15 is 0 Å². The molecule has 0 saturated heterocycles. The lowest BCUT2D eigenvalue weighted by atomic mass is 10.0. The summed E-state index contributed by atoms with van der Waals surface area (Å²) < 4.78 is 6.30. The van der Waals surface area contributed by atoms with Gasteiger partial charge in [0.15, 0.2) is 8.32 Å². The second-order valence-electron chi connectivity index (χ2n) is 7.15. The fraction of sp³-hybridized carbons (Fsp3) is 1.00. The Kier molecular flexibility index (Phi) is 7.82. The summed E-state index contributed by atoms with van der Waals surface area (Å²) in [5.74, 6) is 0.942. The van der Waals surface area contributed by atoms with Gasteiger partial charge in [0.05, 0.1) is 5.94 Å². The van der Waals surface area contributed by atoms with Crippen LogP contribution < -0.4 is 0 Å². The molecule has 0 aliphatic heterocycles. The molecular formula is C14H34OSSi2. The second-order valence-corrected chi connectivity index (χ2v) is 19.8. The smallest absolute Gasteiger partial charge is 0.188 e. The van der Waals surface area contributed by atoms with E-state index in [4.69, 9.17) is 4.43 Å². The van der Waals surface area contributed by atoms with Crippen LogP contribution in [-0.2, 0) is 4.43 Å². The average Bonchev–Trinajstić information content (AvgIpc) is 2.21. The van der Waals surface area contributed by atoms with Crippen LogP contribution in [0.15, 0.2) is 0 Å². The first-order valence-corrected chi connectivity index (χ1v) is 14.8. The molecule has 0 rings (SSSR count). The highest BCUT2D eigenvalue weighted by molar-refractivity contribution is 8.28. The van der Waals surface area contributed by atoms with Crippen molar-refractivity contribution in [3.63, 3.8) is 0 Å². The molecule has 0 aliphatic rings. The van der Waals surface area contributed by atoms with Crippen LogP contribution in [0, 0.1) is 5.41 Å². The highest BCUT2D eigenvalue weighted by Crippen LogP contribution is 2.34. The van der Waals surface area contributed by atoms with E-state index < -0.39 is 15.5 Å². The maximum Gasteiger partial charge on any atom is 0.188 e. The summed E-state index contributed by atoms with van der Waals surface area (Å²) in [5, 5.41) is 0. The normalized spacial score (nSPS) is 14.0. The molecule has 0 aliphatic carbocycles. The molecule has 0 heterocycles. The Hall–Kier alpha value is 0.744. The lowest BCUT2D eigenvalue weighted by Crippen LogP contribution is -2.36. The molecule has 110 valence electrons. The zero-order valence-corrected chi connectivity index (χ0v) is 16.7. The van der Waals surface area contributed by atoms with Gasteiger partial charge in [-0.25, -0.2) is 0 Å². The molecule has 0 bridgehead atoms. The topological polar surface area (TPSA) is 9.23 Å². The summed E-state index contributed by atoms with van der Waals surface area (Å²) in [6.45, 7) is 18.8. The minimum Gasteiger partial charge on any atom is -0.409 e. The van der Waals surface area contributed by atoms with Crippen LogP contribution in [0.5, 0.6) is 0 Å². The SMILES string of the molecule is CC[Si](CC)(CC)SCO[Si](C)(C)CC(C)(C)C. The number of rotatable bonds is 8. The van der Waals surface area contributed by atoms with Gasteiger partial charge >= 0.3 is 0 Å². The van der Waals surface area contributed by atoms with Gasteiger partial charge in [-0.1, -0.05) is 59.7 Å². The summed E-state index contributed by atoms with van der Waals surface area (Å²) in [5.41, 5.74) is 0.398. The molecule has 0 N–H and O–H groups in total. The van der Waals surface area contributed by atoms with E-state index in [0.29, 0.717) is 5.41 Å². The van der Waals surface area contributed by atoms with Gasteiger partial charge in [0.1, 0.15) is 7.22 Å². The molecule has 0 atom stereocenters. The van der Waals surface area contributed by atoms with Crippen molar-refractivity contribution in [3.05, 3.63) is 0 Å². The van der Waals surface area contributed by atoms with Crippen molar-refractivity contribution >= 4 is 26.8 Å². The first kappa shape index (κ1) is 18.7. The zero-order chi connectivity index (χ0) is 14.4. The Morgan fingerprint density at radius 1 is 0.944 bits per heavy atom. The second kappa shape index (κ2) is 7.51. The van der Waals surface area contributed by atoms with Crippen LogP contribution in [0.3, 0.4) is 0 Å². The molecule has 0 aromatic heterocycles. The van der Waals surface area contributed by atoms with Gasteiger partial charge in [0.2, 0.25) is 0 Å². The van der Waals surface area contributed by atoms with E-state index in [-0.39, 0.29) is 0 Å². The van der Waals surface area contributed by atoms with Gasteiger partial charge in [0, 0.05) is 0 Å². The zero-order valence-electron chi connectivity index (χ0n) is 13.9. The Bertz CT molecular complexity index is 224. The van der Waals surface area contributed by atoms with Crippen molar-refractivity contribution in [1.82, 2.24) is 0 Å². The Morgan fingerprint density at radius 3 is 1.72 bits per heavy atom. The predicted octanol–water partition coefficient (Wildman–Crippen LogP) is 5.95. The molecule has 0 radical (unpaired) electrons. The summed E-state index contributed by atoms with van der Waals surface area (Å²) in [4.78, 5) is 0. The fourth-order valence-electron chi connectivity index (χ4n) is 2.70. The van der Waals surface area contributed by atoms with E-state index in [1.54, 1.807) is 0 Å². The predicted molar refractivity (Wildman–Crippen MR) is 92.5 cm³/mol. The van der Waals surface area contributed by atoms with Crippen molar-refractivity contribution in [3.8, 4) is 0 Å². The third-order valence-electron chi connectivity index (χ3n) is 3.70. The highest BCUT2D eigenvalue weighted by Gasteiger charge is 2.32. The van der Waals surface area contributed by atoms with Crippen molar-refractivity contribution < 1.29 is 4.43 Å². The van der Waals surface area contributed by atoms with Crippen LogP contribution in [0.4, 0.5) is 0 Å². The molecule has 0 saturated carbocycles.